The summed E-state index contributed by atoms with van der Waals surface area (Å²) in [7, 11) is 0. The molecule has 0 fully saturated rings. The van der Waals surface area contributed by atoms with Gasteiger partial charge in [0.1, 0.15) is 11.5 Å². The lowest BCUT2D eigenvalue weighted by atomic mass is 10.2. The fourth-order valence-corrected chi connectivity index (χ4v) is 2.91. The van der Waals surface area contributed by atoms with E-state index in [4.69, 9.17) is 28.4 Å². The van der Waals surface area contributed by atoms with Crippen molar-refractivity contribution in [2.75, 3.05) is 13.6 Å². The molecule has 0 saturated heterocycles. The highest BCUT2D eigenvalue weighted by Gasteiger charge is 2.19. The number of carbonyl (C=O) groups is 4. The molecule has 0 N–H and O–H groups in total. The average molecular weight is 583 g/mol. The second kappa shape index (κ2) is 14.2. The van der Waals surface area contributed by atoms with Gasteiger partial charge < -0.3 is 28.4 Å². The number of hydrogen-bond donors (Lipinski definition) is 0. The Morgan fingerprint density at radius 2 is 0.952 bits per heavy atom. The number of benzene rings is 3. The molecule has 0 aliphatic rings. The van der Waals surface area contributed by atoms with Crippen molar-refractivity contribution in [1.82, 2.24) is 0 Å². The Balaban J connectivity index is 1.56. The van der Waals surface area contributed by atoms with E-state index in [2.05, 4.69) is 13.2 Å². The second-order valence-corrected chi connectivity index (χ2v) is 8.49. The molecular formula is C30H24F2O10. The maximum Gasteiger partial charge on any atom is 0.343 e. The van der Waals surface area contributed by atoms with Crippen molar-refractivity contribution in [2.45, 2.75) is 13.8 Å². The van der Waals surface area contributed by atoms with Crippen LogP contribution in [-0.2, 0) is 19.1 Å². The van der Waals surface area contributed by atoms with E-state index in [1.54, 1.807) is 0 Å². The van der Waals surface area contributed by atoms with Crippen LogP contribution in [0.5, 0.6) is 23.0 Å². The number of esters is 4. The van der Waals surface area contributed by atoms with Crippen LogP contribution in [0.2, 0.25) is 0 Å². The zero-order valence-corrected chi connectivity index (χ0v) is 22.4. The first-order chi connectivity index (χ1) is 19.9. The molecule has 0 saturated carbocycles. The van der Waals surface area contributed by atoms with Gasteiger partial charge in [0.15, 0.2) is 23.1 Å². The zero-order chi connectivity index (χ0) is 30.8. The predicted octanol–water partition coefficient (Wildman–Crippen LogP) is 5.31. The average Bonchev–Trinajstić information content (AvgIpc) is 2.96. The summed E-state index contributed by atoms with van der Waals surface area (Å²) < 4.78 is 59.1. The minimum atomic E-state index is -1.17. The van der Waals surface area contributed by atoms with Gasteiger partial charge in [-0.2, -0.15) is 0 Å². The van der Waals surface area contributed by atoms with Crippen LogP contribution in [0.1, 0.15) is 34.6 Å². The van der Waals surface area contributed by atoms with Crippen molar-refractivity contribution in [1.29, 1.82) is 0 Å². The first-order valence-electron chi connectivity index (χ1n) is 12.0. The molecule has 0 aromatic heterocycles. The fourth-order valence-electron chi connectivity index (χ4n) is 2.91. The van der Waals surface area contributed by atoms with Gasteiger partial charge in [0.2, 0.25) is 13.6 Å². The molecule has 0 spiro atoms. The van der Waals surface area contributed by atoms with Crippen LogP contribution in [0.15, 0.2) is 85.0 Å². The van der Waals surface area contributed by atoms with Crippen LogP contribution >= 0.6 is 0 Å². The zero-order valence-electron chi connectivity index (χ0n) is 22.4. The van der Waals surface area contributed by atoms with Crippen molar-refractivity contribution in [3.63, 3.8) is 0 Å². The molecule has 0 amide bonds. The maximum atomic E-state index is 14.6. The predicted molar refractivity (Wildman–Crippen MR) is 142 cm³/mol. The van der Waals surface area contributed by atoms with E-state index in [9.17, 15) is 28.0 Å². The summed E-state index contributed by atoms with van der Waals surface area (Å²) in [5.74, 6) is -6.56. The van der Waals surface area contributed by atoms with E-state index in [0.29, 0.717) is 12.1 Å². The summed E-state index contributed by atoms with van der Waals surface area (Å²) in [4.78, 5) is 47.5. The Morgan fingerprint density at radius 1 is 0.619 bits per heavy atom. The SMILES string of the molecule is C=C(C)C(=O)OCOc1ccc(C(=O)Oc2cc(F)c(OC(=O)c3ccc(OCOC(=O)C(=C)C)cc3)cc2F)cc1. The lowest BCUT2D eigenvalue weighted by Crippen LogP contribution is -2.13. The van der Waals surface area contributed by atoms with Gasteiger partial charge in [0.05, 0.1) is 11.1 Å². The maximum absolute atomic E-state index is 14.6. The first kappa shape index (κ1) is 31.0. The Morgan fingerprint density at radius 3 is 1.26 bits per heavy atom. The van der Waals surface area contributed by atoms with Crippen LogP contribution < -0.4 is 18.9 Å². The van der Waals surface area contributed by atoms with Gasteiger partial charge in [-0.05, 0) is 62.4 Å². The Hall–Kier alpha value is -5.52. The van der Waals surface area contributed by atoms with Crippen LogP contribution in [0.4, 0.5) is 8.78 Å². The molecule has 218 valence electrons. The highest BCUT2D eigenvalue weighted by Crippen LogP contribution is 2.28. The summed E-state index contributed by atoms with van der Waals surface area (Å²) in [6.07, 6.45) is 0. The monoisotopic (exact) mass is 582 g/mol. The molecule has 3 rings (SSSR count). The summed E-state index contributed by atoms with van der Waals surface area (Å²) in [5, 5.41) is 0. The molecule has 0 bridgehead atoms. The van der Waals surface area contributed by atoms with Gasteiger partial charge in [-0.3, -0.25) is 0 Å². The molecule has 0 atom stereocenters. The van der Waals surface area contributed by atoms with Crippen molar-refractivity contribution in [3.05, 3.63) is 108 Å². The standard InChI is InChI=1S/C30H24F2O10/c1-17(2)27(33)39-15-37-21-9-5-19(6-10-21)29(35)41-25-13-24(32)26(14-23(25)31)42-30(36)20-7-11-22(12-8-20)38-16-40-28(34)18(3)4/h5-14H,1,3,15-16H2,2,4H3. The number of carbonyl (C=O) groups excluding carboxylic acids is 4. The molecule has 42 heavy (non-hydrogen) atoms. The molecule has 0 aliphatic heterocycles. The summed E-state index contributed by atoms with van der Waals surface area (Å²) in [6.45, 7) is 9.06. The molecule has 0 aliphatic carbocycles. The molecule has 0 unspecified atom stereocenters. The Bertz CT molecular complexity index is 1400. The third-order valence-corrected chi connectivity index (χ3v) is 5.10. The first-order valence-corrected chi connectivity index (χ1v) is 12.0. The third kappa shape index (κ3) is 8.74. The molecule has 12 heteroatoms. The number of rotatable bonds is 12. The van der Waals surface area contributed by atoms with E-state index in [1.807, 2.05) is 0 Å². The minimum absolute atomic E-state index is 0.0157. The summed E-state index contributed by atoms with van der Waals surface area (Å²) in [6, 6.07) is 11.8. The van der Waals surface area contributed by atoms with E-state index in [1.165, 1.54) is 62.4 Å². The van der Waals surface area contributed by atoms with Crippen molar-refractivity contribution >= 4 is 23.9 Å². The van der Waals surface area contributed by atoms with Gasteiger partial charge in [-0.25, -0.2) is 28.0 Å². The topological polar surface area (TPSA) is 124 Å². The quantitative estimate of drug-likeness (QED) is 0.120. The second-order valence-electron chi connectivity index (χ2n) is 8.49. The van der Waals surface area contributed by atoms with Gasteiger partial charge in [-0.1, -0.05) is 13.2 Å². The van der Waals surface area contributed by atoms with Crippen molar-refractivity contribution in [2.24, 2.45) is 0 Å². The van der Waals surface area contributed by atoms with Crippen LogP contribution in [0.3, 0.4) is 0 Å². The third-order valence-electron chi connectivity index (χ3n) is 5.10. The summed E-state index contributed by atoms with van der Waals surface area (Å²) >= 11 is 0. The van der Waals surface area contributed by atoms with Gasteiger partial charge >= 0.3 is 23.9 Å². The van der Waals surface area contributed by atoms with Crippen molar-refractivity contribution in [3.8, 4) is 23.0 Å². The van der Waals surface area contributed by atoms with E-state index in [-0.39, 0.29) is 47.4 Å². The van der Waals surface area contributed by atoms with E-state index in [0.717, 1.165) is 0 Å². The molecule has 0 heterocycles. The van der Waals surface area contributed by atoms with Crippen LogP contribution in [0, 0.1) is 11.6 Å². The normalized spacial score (nSPS) is 10.2. The van der Waals surface area contributed by atoms with Crippen molar-refractivity contribution < 1.29 is 56.4 Å². The smallest absolute Gasteiger partial charge is 0.343 e. The van der Waals surface area contributed by atoms with Crippen LogP contribution in [-0.4, -0.2) is 37.5 Å². The Kier molecular flexibility index (Phi) is 10.5. The highest BCUT2D eigenvalue weighted by atomic mass is 19.1. The fraction of sp³-hybridized carbons (Fsp3) is 0.133. The van der Waals surface area contributed by atoms with Crippen LogP contribution in [0.25, 0.3) is 0 Å². The van der Waals surface area contributed by atoms with E-state index < -0.39 is 47.0 Å². The van der Waals surface area contributed by atoms with Gasteiger partial charge in [-0.15, -0.1) is 0 Å². The van der Waals surface area contributed by atoms with E-state index >= 15 is 0 Å². The number of hydrogen-bond acceptors (Lipinski definition) is 10. The number of halogens is 2. The largest absolute Gasteiger partial charge is 0.457 e. The Labute approximate surface area is 238 Å². The molecule has 0 radical (unpaired) electrons. The molecule has 10 nitrogen and oxygen atoms in total. The lowest BCUT2D eigenvalue weighted by Gasteiger charge is -2.11. The molecular weight excluding hydrogens is 558 g/mol. The lowest BCUT2D eigenvalue weighted by molar-refractivity contribution is -0.146. The summed E-state index contributed by atoms with van der Waals surface area (Å²) in [5.41, 5.74) is 0.367. The van der Waals surface area contributed by atoms with Gasteiger partial charge in [0.25, 0.3) is 0 Å². The molecule has 3 aromatic rings. The number of ether oxygens (including phenoxy) is 6. The minimum Gasteiger partial charge on any atom is -0.457 e. The highest BCUT2D eigenvalue weighted by molar-refractivity contribution is 5.92. The van der Waals surface area contributed by atoms with Gasteiger partial charge in [0, 0.05) is 23.3 Å². The molecule has 3 aromatic carbocycles.